The van der Waals surface area contributed by atoms with Gasteiger partial charge in [-0.15, -0.1) is 0 Å². The number of carbonyl (C=O) groups excluding carboxylic acids is 1. The van der Waals surface area contributed by atoms with Crippen molar-refractivity contribution in [3.05, 3.63) is 0 Å². The van der Waals surface area contributed by atoms with Gasteiger partial charge in [-0.05, 0) is 31.1 Å². The number of carboxylic acid groups (broad SMARTS) is 1. The highest BCUT2D eigenvalue weighted by Gasteiger charge is 2.50. The zero-order valence-electron chi connectivity index (χ0n) is 10.1. The summed E-state index contributed by atoms with van der Waals surface area (Å²) < 4.78 is 0. The lowest BCUT2D eigenvalue weighted by Gasteiger charge is -2.28. The van der Waals surface area contributed by atoms with Gasteiger partial charge in [-0.25, -0.2) is 0 Å². The molecule has 5 nitrogen and oxygen atoms in total. The Balaban J connectivity index is 1.86. The van der Waals surface area contributed by atoms with Crippen LogP contribution in [0.1, 0.15) is 25.7 Å². The van der Waals surface area contributed by atoms with Gasteiger partial charge < -0.3 is 15.7 Å². The zero-order chi connectivity index (χ0) is 12.4. The fourth-order valence-electron chi connectivity index (χ4n) is 3.42. The molecule has 0 aliphatic heterocycles. The molecule has 4 atom stereocenters. The van der Waals surface area contributed by atoms with Gasteiger partial charge in [0.2, 0.25) is 5.91 Å². The molecular formula is C12H20N2O3. The topological polar surface area (TPSA) is 78.4 Å². The van der Waals surface area contributed by atoms with Gasteiger partial charge in [-0.3, -0.25) is 9.59 Å². The van der Waals surface area contributed by atoms with E-state index in [1.165, 1.54) is 0 Å². The first kappa shape index (κ1) is 12.4. The highest BCUT2D eigenvalue weighted by Crippen LogP contribution is 2.48. The third-order valence-electron chi connectivity index (χ3n) is 4.21. The molecule has 1 amide bonds. The van der Waals surface area contributed by atoms with Gasteiger partial charge >= 0.3 is 5.97 Å². The molecular weight excluding hydrogens is 220 g/mol. The van der Waals surface area contributed by atoms with Crippen LogP contribution in [0.25, 0.3) is 0 Å². The van der Waals surface area contributed by atoms with Crippen molar-refractivity contribution in [2.24, 2.45) is 17.8 Å². The van der Waals surface area contributed by atoms with Crippen LogP contribution < -0.4 is 10.6 Å². The van der Waals surface area contributed by atoms with E-state index < -0.39 is 5.97 Å². The first-order chi connectivity index (χ1) is 8.13. The minimum Gasteiger partial charge on any atom is -0.481 e. The largest absolute Gasteiger partial charge is 0.481 e. The third-order valence-corrected chi connectivity index (χ3v) is 4.21. The Labute approximate surface area is 101 Å². The van der Waals surface area contributed by atoms with E-state index in [1.54, 1.807) is 7.05 Å². The van der Waals surface area contributed by atoms with Crippen molar-refractivity contribution < 1.29 is 14.7 Å². The van der Waals surface area contributed by atoms with E-state index in [9.17, 15) is 14.7 Å². The van der Waals surface area contributed by atoms with Gasteiger partial charge in [0.1, 0.15) is 0 Å². The third kappa shape index (κ3) is 2.44. The van der Waals surface area contributed by atoms with Crippen molar-refractivity contribution in [2.45, 2.75) is 31.7 Å². The quantitative estimate of drug-likeness (QED) is 0.642. The maximum Gasteiger partial charge on any atom is 0.308 e. The van der Waals surface area contributed by atoms with Crippen molar-refractivity contribution in [3.63, 3.8) is 0 Å². The average Bonchev–Trinajstić information content (AvgIpc) is 2.88. The molecule has 0 saturated heterocycles. The molecule has 0 aromatic rings. The van der Waals surface area contributed by atoms with E-state index in [-0.39, 0.29) is 17.9 Å². The Kier molecular flexibility index (Phi) is 3.66. The minimum atomic E-state index is -0.686. The number of amides is 1. The second kappa shape index (κ2) is 5.04. The fraction of sp³-hybridized carbons (Fsp3) is 0.833. The van der Waals surface area contributed by atoms with Crippen LogP contribution in [-0.4, -0.2) is 36.6 Å². The summed E-state index contributed by atoms with van der Waals surface area (Å²) in [7, 11) is 1.61. The second-order valence-corrected chi connectivity index (χ2v) is 5.10. The monoisotopic (exact) mass is 240 g/mol. The van der Waals surface area contributed by atoms with Crippen LogP contribution in [0.3, 0.4) is 0 Å². The summed E-state index contributed by atoms with van der Waals surface area (Å²) in [6.07, 6.45) is 3.63. The normalized spacial score (nSPS) is 34.9. The lowest BCUT2D eigenvalue weighted by atomic mass is 9.84. The van der Waals surface area contributed by atoms with Crippen LogP contribution >= 0.6 is 0 Å². The summed E-state index contributed by atoms with van der Waals surface area (Å²) in [4.78, 5) is 22.3. The summed E-state index contributed by atoms with van der Waals surface area (Å²) in [5.41, 5.74) is 0. The van der Waals surface area contributed by atoms with Gasteiger partial charge in [0.15, 0.2) is 0 Å². The standard InChI is InChI=1S/C12H20N2O3/c1-13-9(15)4-5-14-11-8-3-2-7(6-8)10(11)12(16)17/h7-8,10-11,14H,2-6H2,1H3,(H,13,15)(H,16,17). The number of fused-ring (bicyclic) bond motifs is 2. The fourth-order valence-corrected chi connectivity index (χ4v) is 3.42. The van der Waals surface area contributed by atoms with Crippen LogP contribution in [0.4, 0.5) is 0 Å². The molecule has 2 aliphatic rings. The Morgan fingerprint density at radius 2 is 2.00 bits per heavy atom. The number of nitrogens with one attached hydrogen (secondary N) is 2. The SMILES string of the molecule is CNC(=O)CCNC1C2CCC(C2)C1C(=O)O. The number of aliphatic carboxylic acids is 1. The van der Waals surface area contributed by atoms with E-state index in [0.29, 0.717) is 24.8 Å². The lowest BCUT2D eigenvalue weighted by Crippen LogP contribution is -2.45. The van der Waals surface area contributed by atoms with E-state index in [4.69, 9.17) is 0 Å². The number of hydrogen-bond acceptors (Lipinski definition) is 3. The molecule has 2 saturated carbocycles. The Morgan fingerprint density at radius 1 is 1.29 bits per heavy atom. The van der Waals surface area contributed by atoms with Crippen molar-refractivity contribution in [1.82, 2.24) is 10.6 Å². The summed E-state index contributed by atoms with van der Waals surface area (Å²) in [6.45, 7) is 0.567. The molecule has 0 spiro atoms. The molecule has 0 aromatic heterocycles. The van der Waals surface area contributed by atoms with E-state index >= 15 is 0 Å². The molecule has 4 unspecified atom stereocenters. The molecule has 5 heteroatoms. The number of rotatable bonds is 5. The van der Waals surface area contributed by atoms with Crippen molar-refractivity contribution in [2.75, 3.05) is 13.6 Å². The van der Waals surface area contributed by atoms with Crippen LogP contribution in [0.5, 0.6) is 0 Å². The molecule has 2 rings (SSSR count). The molecule has 17 heavy (non-hydrogen) atoms. The summed E-state index contributed by atoms with van der Waals surface area (Å²) in [6, 6.07) is 0.0657. The molecule has 0 radical (unpaired) electrons. The van der Waals surface area contributed by atoms with Crippen LogP contribution in [0.2, 0.25) is 0 Å². The predicted molar refractivity (Wildman–Crippen MR) is 62.4 cm³/mol. The average molecular weight is 240 g/mol. The number of carboxylic acids is 1. The Bertz CT molecular complexity index is 319. The summed E-state index contributed by atoms with van der Waals surface area (Å²) in [5.74, 6) is -0.110. The molecule has 96 valence electrons. The second-order valence-electron chi connectivity index (χ2n) is 5.10. The van der Waals surface area contributed by atoms with Crippen molar-refractivity contribution in [1.29, 1.82) is 0 Å². The Morgan fingerprint density at radius 3 is 2.65 bits per heavy atom. The van der Waals surface area contributed by atoms with Crippen LogP contribution in [0, 0.1) is 17.8 Å². The summed E-state index contributed by atoms with van der Waals surface area (Å²) >= 11 is 0. The molecule has 0 aromatic carbocycles. The molecule has 2 bridgehead atoms. The van der Waals surface area contributed by atoms with Crippen molar-refractivity contribution in [3.8, 4) is 0 Å². The number of carbonyl (C=O) groups is 2. The molecule has 2 aliphatic carbocycles. The first-order valence-corrected chi connectivity index (χ1v) is 6.30. The predicted octanol–water partition coefficient (Wildman–Crippen LogP) is 0.211. The smallest absolute Gasteiger partial charge is 0.308 e. The van der Waals surface area contributed by atoms with E-state index in [1.807, 2.05) is 0 Å². The molecule has 3 N–H and O–H groups in total. The van der Waals surface area contributed by atoms with Gasteiger partial charge in [0.05, 0.1) is 5.92 Å². The van der Waals surface area contributed by atoms with E-state index in [0.717, 1.165) is 19.3 Å². The highest BCUT2D eigenvalue weighted by molar-refractivity contribution is 5.75. The number of hydrogen-bond donors (Lipinski definition) is 3. The maximum absolute atomic E-state index is 11.2. The van der Waals surface area contributed by atoms with Crippen LogP contribution in [0.15, 0.2) is 0 Å². The zero-order valence-corrected chi connectivity index (χ0v) is 10.1. The van der Waals surface area contributed by atoms with Crippen molar-refractivity contribution >= 4 is 11.9 Å². The van der Waals surface area contributed by atoms with Gasteiger partial charge in [-0.1, -0.05) is 0 Å². The molecule has 2 fully saturated rings. The maximum atomic E-state index is 11.2. The van der Waals surface area contributed by atoms with Crippen LogP contribution in [-0.2, 0) is 9.59 Å². The highest BCUT2D eigenvalue weighted by atomic mass is 16.4. The van der Waals surface area contributed by atoms with Gasteiger partial charge in [-0.2, -0.15) is 0 Å². The van der Waals surface area contributed by atoms with E-state index in [2.05, 4.69) is 10.6 Å². The first-order valence-electron chi connectivity index (χ1n) is 6.30. The van der Waals surface area contributed by atoms with Gasteiger partial charge in [0, 0.05) is 26.1 Å². The molecule has 0 heterocycles. The summed E-state index contributed by atoms with van der Waals surface area (Å²) in [5, 5.41) is 15.1. The lowest BCUT2D eigenvalue weighted by molar-refractivity contribution is -0.144. The Hall–Kier alpha value is -1.10. The minimum absolute atomic E-state index is 0.00692. The van der Waals surface area contributed by atoms with Gasteiger partial charge in [0.25, 0.3) is 0 Å².